The summed E-state index contributed by atoms with van der Waals surface area (Å²) in [7, 11) is 0. The van der Waals surface area contributed by atoms with Crippen molar-refractivity contribution in [3.05, 3.63) is 70.8 Å². The van der Waals surface area contributed by atoms with Crippen LogP contribution in [-0.2, 0) is 0 Å². The summed E-state index contributed by atoms with van der Waals surface area (Å²) in [6.45, 7) is 3.94. The smallest absolute Gasteiger partial charge is 0.284 e. The van der Waals surface area contributed by atoms with E-state index in [9.17, 15) is 4.79 Å². The summed E-state index contributed by atoms with van der Waals surface area (Å²) in [4.78, 5) is 25.2. The number of nitrogens with zero attached hydrogens (tertiary/aromatic N) is 3. The molecule has 0 radical (unpaired) electrons. The topological polar surface area (TPSA) is 80.9 Å². The van der Waals surface area contributed by atoms with E-state index < -0.39 is 0 Å². The normalized spacial score (nSPS) is 10.7. The third-order valence-corrected chi connectivity index (χ3v) is 4.98. The Kier molecular flexibility index (Phi) is 4.52. The van der Waals surface area contributed by atoms with Crippen LogP contribution in [0.1, 0.15) is 20.9 Å². The van der Waals surface area contributed by atoms with Crippen LogP contribution in [-0.4, -0.2) is 20.9 Å². The molecular formula is C20H16N4O2S. The number of rotatable bonds is 4. The Bertz CT molecular complexity index is 1090. The Balaban J connectivity index is 1.79. The van der Waals surface area contributed by atoms with E-state index in [1.165, 1.54) is 11.3 Å². The zero-order valence-electron chi connectivity index (χ0n) is 14.8. The summed E-state index contributed by atoms with van der Waals surface area (Å²) in [5.74, 6) is 0.312. The van der Waals surface area contributed by atoms with E-state index in [2.05, 4.69) is 20.3 Å². The molecule has 4 aromatic rings. The van der Waals surface area contributed by atoms with E-state index in [1.807, 2.05) is 32.0 Å². The minimum atomic E-state index is -0.234. The molecule has 6 nitrogen and oxygen atoms in total. The molecule has 0 spiro atoms. The van der Waals surface area contributed by atoms with Gasteiger partial charge in [0.2, 0.25) is 5.89 Å². The molecule has 0 unspecified atom stereocenters. The minimum Gasteiger partial charge on any atom is -0.445 e. The van der Waals surface area contributed by atoms with E-state index in [-0.39, 0.29) is 5.91 Å². The highest BCUT2D eigenvalue weighted by Gasteiger charge is 2.17. The maximum atomic E-state index is 12.5. The number of nitrogens with one attached hydrogen (secondary N) is 1. The van der Waals surface area contributed by atoms with Gasteiger partial charge in [0.1, 0.15) is 6.26 Å². The van der Waals surface area contributed by atoms with E-state index in [1.54, 1.807) is 36.4 Å². The number of carbonyl (C=O) groups excluding carboxylic acids is 1. The molecule has 0 aliphatic heterocycles. The Labute approximate surface area is 160 Å². The SMILES string of the molecule is Cc1ccc(-c2ncco2)cc1-c1cncc(C)c1NC(=O)c1nccs1. The molecule has 0 aliphatic rings. The Morgan fingerprint density at radius 2 is 1.96 bits per heavy atom. The van der Waals surface area contributed by atoms with Crippen LogP contribution in [0.25, 0.3) is 22.6 Å². The van der Waals surface area contributed by atoms with Gasteiger partial charge in [-0.15, -0.1) is 11.3 Å². The number of hydrogen-bond acceptors (Lipinski definition) is 6. The van der Waals surface area contributed by atoms with Crippen LogP contribution in [0.3, 0.4) is 0 Å². The van der Waals surface area contributed by atoms with Crippen LogP contribution in [0.5, 0.6) is 0 Å². The van der Waals surface area contributed by atoms with Crippen LogP contribution in [0.15, 0.2) is 59.0 Å². The molecule has 0 fully saturated rings. The van der Waals surface area contributed by atoms with Crippen molar-refractivity contribution < 1.29 is 9.21 Å². The molecule has 4 rings (SSSR count). The van der Waals surface area contributed by atoms with Crippen LogP contribution < -0.4 is 5.32 Å². The monoisotopic (exact) mass is 376 g/mol. The third kappa shape index (κ3) is 3.37. The van der Waals surface area contributed by atoms with Gasteiger partial charge in [-0.2, -0.15) is 0 Å². The molecule has 1 amide bonds. The predicted octanol–water partition coefficient (Wildman–Crippen LogP) is 4.73. The van der Waals surface area contributed by atoms with Crippen LogP contribution in [0, 0.1) is 13.8 Å². The number of amides is 1. The summed E-state index contributed by atoms with van der Waals surface area (Å²) in [5, 5.41) is 5.19. The van der Waals surface area contributed by atoms with Crippen molar-refractivity contribution in [3.8, 4) is 22.6 Å². The van der Waals surface area contributed by atoms with Crippen molar-refractivity contribution in [2.75, 3.05) is 5.32 Å². The molecule has 3 aromatic heterocycles. The van der Waals surface area contributed by atoms with Gasteiger partial charge in [0, 0.05) is 35.1 Å². The number of aryl methyl sites for hydroxylation is 2. The summed E-state index contributed by atoms with van der Waals surface area (Å²) < 4.78 is 5.41. The van der Waals surface area contributed by atoms with Gasteiger partial charge in [0.05, 0.1) is 11.9 Å². The minimum absolute atomic E-state index is 0.234. The first-order chi connectivity index (χ1) is 13.1. The second-order valence-electron chi connectivity index (χ2n) is 6.04. The van der Waals surface area contributed by atoms with Crippen molar-refractivity contribution in [2.45, 2.75) is 13.8 Å². The number of carbonyl (C=O) groups is 1. The second kappa shape index (κ2) is 7.13. The van der Waals surface area contributed by atoms with Gasteiger partial charge >= 0.3 is 0 Å². The number of thiazole rings is 1. The third-order valence-electron chi connectivity index (χ3n) is 4.21. The van der Waals surface area contributed by atoms with Gasteiger partial charge in [0.15, 0.2) is 5.01 Å². The number of oxazole rings is 1. The molecule has 0 atom stereocenters. The first-order valence-corrected chi connectivity index (χ1v) is 9.18. The number of aromatic nitrogens is 3. The number of anilines is 1. The van der Waals surface area contributed by atoms with Crippen molar-refractivity contribution in [3.63, 3.8) is 0 Å². The van der Waals surface area contributed by atoms with Crippen molar-refractivity contribution in [1.82, 2.24) is 15.0 Å². The Morgan fingerprint density at radius 3 is 2.70 bits per heavy atom. The lowest BCUT2D eigenvalue weighted by Crippen LogP contribution is -2.13. The fourth-order valence-corrected chi connectivity index (χ4v) is 3.38. The molecule has 134 valence electrons. The van der Waals surface area contributed by atoms with Gasteiger partial charge in [-0.1, -0.05) is 6.07 Å². The molecular weight excluding hydrogens is 360 g/mol. The lowest BCUT2D eigenvalue weighted by atomic mass is 9.96. The largest absolute Gasteiger partial charge is 0.445 e. The van der Waals surface area contributed by atoms with Gasteiger partial charge in [0.25, 0.3) is 5.91 Å². The van der Waals surface area contributed by atoms with E-state index in [4.69, 9.17) is 4.42 Å². The number of benzene rings is 1. The molecule has 0 saturated heterocycles. The highest BCUT2D eigenvalue weighted by molar-refractivity contribution is 7.11. The fourth-order valence-electron chi connectivity index (χ4n) is 2.85. The standard InChI is InChI=1S/C20H16N4O2S/c1-12-3-4-14(19-22-5-7-26-19)9-15(12)16-11-21-10-13(2)17(16)24-18(25)20-23-6-8-27-20/h3-11H,1-2H3,(H,21,24,25). The molecule has 1 N–H and O–H groups in total. The van der Waals surface area contributed by atoms with Crippen molar-refractivity contribution in [2.24, 2.45) is 0 Å². The highest BCUT2D eigenvalue weighted by Crippen LogP contribution is 2.35. The molecule has 0 bridgehead atoms. The van der Waals surface area contributed by atoms with Gasteiger partial charge in [-0.05, 0) is 42.7 Å². The maximum absolute atomic E-state index is 12.5. The van der Waals surface area contributed by atoms with Gasteiger partial charge < -0.3 is 9.73 Å². The summed E-state index contributed by atoms with van der Waals surface area (Å²) in [5.41, 5.74) is 5.31. The molecule has 3 heterocycles. The van der Waals surface area contributed by atoms with Crippen LogP contribution >= 0.6 is 11.3 Å². The zero-order chi connectivity index (χ0) is 18.8. The van der Waals surface area contributed by atoms with E-state index >= 15 is 0 Å². The Morgan fingerprint density at radius 1 is 1.07 bits per heavy atom. The van der Waals surface area contributed by atoms with Gasteiger partial charge in [-0.25, -0.2) is 9.97 Å². The Hall–Kier alpha value is -3.32. The average molecular weight is 376 g/mol. The quantitative estimate of drug-likeness (QED) is 0.557. The second-order valence-corrected chi connectivity index (χ2v) is 6.93. The van der Waals surface area contributed by atoms with E-state index in [0.29, 0.717) is 10.9 Å². The molecule has 7 heteroatoms. The predicted molar refractivity (Wildman–Crippen MR) is 105 cm³/mol. The summed E-state index contributed by atoms with van der Waals surface area (Å²) >= 11 is 1.30. The lowest BCUT2D eigenvalue weighted by Gasteiger charge is -2.15. The van der Waals surface area contributed by atoms with Gasteiger partial charge in [-0.3, -0.25) is 9.78 Å². The average Bonchev–Trinajstić information content (AvgIpc) is 3.38. The van der Waals surface area contributed by atoms with Crippen LogP contribution in [0.4, 0.5) is 5.69 Å². The molecule has 27 heavy (non-hydrogen) atoms. The molecule has 0 aliphatic carbocycles. The zero-order valence-corrected chi connectivity index (χ0v) is 15.6. The fraction of sp³-hybridized carbons (Fsp3) is 0.100. The van der Waals surface area contributed by atoms with Crippen LogP contribution in [0.2, 0.25) is 0 Å². The van der Waals surface area contributed by atoms with Crippen molar-refractivity contribution in [1.29, 1.82) is 0 Å². The van der Waals surface area contributed by atoms with Crippen molar-refractivity contribution >= 4 is 22.9 Å². The number of pyridine rings is 1. The molecule has 1 aromatic carbocycles. The summed E-state index contributed by atoms with van der Waals surface area (Å²) in [6, 6.07) is 5.96. The first-order valence-electron chi connectivity index (χ1n) is 8.30. The first kappa shape index (κ1) is 17.1. The highest BCUT2D eigenvalue weighted by atomic mass is 32.1. The number of hydrogen-bond donors (Lipinski definition) is 1. The summed E-state index contributed by atoms with van der Waals surface area (Å²) in [6.07, 6.45) is 8.26. The maximum Gasteiger partial charge on any atom is 0.284 e. The lowest BCUT2D eigenvalue weighted by molar-refractivity contribution is 0.102. The molecule has 0 saturated carbocycles. The van der Waals surface area contributed by atoms with E-state index in [0.717, 1.165) is 33.5 Å².